The van der Waals surface area contributed by atoms with Crippen molar-refractivity contribution >= 4 is 11.8 Å². The number of benzene rings is 1. The molecule has 2 aromatic heterocycles. The molecule has 0 atom stereocenters. The van der Waals surface area contributed by atoms with Crippen molar-refractivity contribution in [1.29, 1.82) is 0 Å². The second-order valence-electron chi connectivity index (χ2n) is 6.21. The maximum Gasteiger partial charge on any atom is 0.320 e. The van der Waals surface area contributed by atoms with Gasteiger partial charge in [-0.15, -0.1) is 0 Å². The highest BCUT2D eigenvalue weighted by molar-refractivity contribution is 5.88. The summed E-state index contributed by atoms with van der Waals surface area (Å²) in [4.78, 5) is 12.1. The molecular formula is C18H19N5O2. The molecule has 1 fully saturated rings. The standard InChI is InChI=1S/C18H19N5O2/c1-23-14(9-15(21-23)12-7-8-12)11-19-18(24)20-17-10-16(25-22-17)13-5-3-2-4-6-13/h2-6,9-10,12H,7-8,11H2,1H3,(H2,19,20,22,24). The number of aryl methyl sites for hydroxylation is 1. The second kappa shape index (κ2) is 6.43. The second-order valence-corrected chi connectivity index (χ2v) is 6.21. The molecule has 128 valence electrons. The Morgan fingerprint density at radius 1 is 1.28 bits per heavy atom. The van der Waals surface area contributed by atoms with Crippen molar-refractivity contribution in [3.63, 3.8) is 0 Å². The molecule has 0 saturated heterocycles. The van der Waals surface area contributed by atoms with Gasteiger partial charge in [0.25, 0.3) is 0 Å². The minimum Gasteiger partial charge on any atom is -0.354 e. The van der Waals surface area contributed by atoms with Gasteiger partial charge in [-0.05, 0) is 18.9 Å². The first-order chi connectivity index (χ1) is 12.2. The third kappa shape index (κ3) is 3.55. The van der Waals surface area contributed by atoms with Crippen LogP contribution in [-0.4, -0.2) is 21.0 Å². The van der Waals surface area contributed by atoms with Crippen LogP contribution in [0.5, 0.6) is 0 Å². The average Bonchev–Trinajstić information content (AvgIpc) is 3.26. The number of anilines is 1. The molecule has 0 aliphatic heterocycles. The lowest BCUT2D eigenvalue weighted by molar-refractivity contribution is 0.251. The van der Waals surface area contributed by atoms with Crippen molar-refractivity contribution in [2.45, 2.75) is 25.3 Å². The van der Waals surface area contributed by atoms with E-state index in [1.54, 1.807) is 6.07 Å². The number of amides is 2. The maximum atomic E-state index is 12.1. The van der Waals surface area contributed by atoms with Gasteiger partial charge in [-0.1, -0.05) is 35.5 Å². The summed E-state index contributed by atoms with van der Waals surface area (Å²) in [6.07, 6.45) is 2.42. The normalized spacial score (nSPS) is 13.6. The van der Waals surface area contributed by atoms with Crippen LogP contribution in [0, 0.1) is 0 Å². The Morgan fingerprint density at radius 3 is 2.84 bits per heavy atom. The van der Waals surface area contributed by atoms with Gasteiger partial charge in [0.2, 0.25) is 0 Å². The summed E-state index contributed by atoms with van der Waals surface area (Å²) in [6.45, 7) is 0.408. The van der Waals surface area contributed by atoms with Crippen molar-refractivity contribution < 1.29 is 9.32 Å². The molecule has 0 radical (unpaired) electrons. The largest absolute Gasteiger partial charge is 0.354 e. The molecule has 7 nitrogen and oxygen atoms in total. The Morgan fingerprint density at radius 2 is 2.08 bits per heavy atom. The summed E-state index contributed by atoms with van der Waals surface area (Å²) in [5.74, 6) is 1.58. The molecule has 2 heterocycles. The highest BCUT2D eigenvalue weighted by Crippen LogP contribution is 2.39. The smallest absolute Gasteiger partial charge is 0.320 e. The monoisotopic (exact) mass is 337 g/mol. The molecule has 1 saturated carbocycles. The number of hydrogen-bond acceptors (Lipinski definition) is 4. The van der Waals surface area contributed by atoms with Crippen LogP contribution in [0.25, 0.3) is 11.3 Å². The van der Waals surface area contributed by atoms with E-state index in [2.05, 4.69) is 27.0 Å². The minimum absolute atomic E-state index is 0.331. The zero-order valence-corrected chi connectivity index (χ0v) is 13.9. The molecule has 7 heteroatoms. The van der Waals surface area contributed by atoms with E-state index in [9.17, 15) is 4.79 Å². The third-order valence-corrected chi connectivity index (χ3v) is 4.23. The van der Waals surface area contributed by atoms with Crippen LogP contribution in [-0.2, 0) is 13.6 Å². The van der Waals surface area contributed by atoms with Crippen molar-refractivity contribution in [1.82, 2.24) is 20.3 Å². The van der Waals surface area contributed by atoms with Gasteiger partial charge in [0.1, 0.15) is 0 Å². The van der Waals surface area contributed by atoms with Crippen LogP contribution in [0.4, 0.5) is 10.6 Å². The molecule has 25 heavy (non-hydrogen) atoms. The van der Waals surface area contributed by atoms with Crippen LogP contribution in [0.3, 0.4) is 0 Å². The lowest BCUT2D eigenvalue weighted by Crippen LogP contribution is -2.29. The lowest BCUT2D eigenvalue weighted by Gasteiger charge is -2.05. The average molecular weight is 337 g/mol. The van der Waals surface area contributed by atoms with Crippen molar-refractivity contribution in [3.05, 3.63) is 53.9 Å². The van der Waals surface area contributed by atoms with E-state index in [1.165, 1.54) is 12.8 Å². The SMILES string of the molecule is Cn1nc(C2CC2)cc1CNC(=O)Nc1cc(-c2ccccc2)on1. The number of carbonyl (C=O) groups excluding carboxylic acids is 1. The molecule has 1 aliphatic rings. The number of aromatic nitrogens is 3. The Hall–Kier alpha value is -3.09. The number of urea groups is 1. The number of rotatable bonds is 5. The molecule has 2 N–H and O–H groups in total. The fourth-order valence-corrected chi connectivity index (χ4v) is 2.68. The molecule has 2 amide bonds. The predicted molar refractivity (Wildman–Crippen MR) is 93.0 cm³/mol. The van der Waals surface area contributed by atoms with Gasteiger partial charge in [0.05, 0.1) is 17.9 Å². The van der Waals surface area contributed by atoms with Gasteiger partial charge in [-0.2, -0.15) is 5.10 Å². The highest BCUT2D eigenvalue weighted by Gasteiger charge is 2.26. The molecule has 3 aromatic rings. The summed E-state index contributed by atoms with van der Waals surface area (Å²) < 4.78 is 7.08. The molecule has 0 spiro atoms. The number of hydrogen-bond donors (Lipinski definition) is 2. The van der Waals surface area contributed by atoms with Crippen molar-refractivity contribution in [3.8, 4) is 11.3 Å². The molecular weight excluding hydrogens is 318 g/mol. The van der Waals surface area contributed by atoms with Gasteiger partial charge in [-0.3, -0.25) is 10.00 Å². The molecule has 1 aromatic carbocycles. The van der Waals surface area contributed by atoms with E-state index in [0.717, 1.165) is 17.0 Å². The van der Waals surface area contributed by atoms with E-state index in [0.29, 0.717) is 24.0 Å². The first-order valence-electron chi connectivity index (χ1n) is 8.29. The predicted octanol–water partition coefficient (Wildman–Crippen LogP) is 3.27. The van der Waals surface area contributed by atoms with E-state index in [1.807, 2.05) is 42.1 Å². The van der Waals surface area contributed by atoms with Crippen LogP contribution < -0.4 is 10.6 Å². The topological polar surface area (TPSA) is 85.0 Å². The molecule has 0 bridgehead atoms. The fourth-order valence-electron chi connectivity index (χ4n) is 2.68. The van der Waals surface area contributed by atoms with Gasteiger partial charge in [0.15, 0.2) is 11.6 Å². The van der Waals surface area contributed by atoms with Crippen LogP contribution >= 0.6 is 0 Å². The Labute approximate surface area is 145 Å². The summed E-state index contributed by atoms with van der Waals surface area (Å²) in [5.41, 5.74) is 3.00. The molecule has 4 rings (SSSR count). The number of nitrogens with zero attached hydrogens (tertiary/aromatic N) is 3. The summed E-state index contributed by atoms with van der Waals surface area (Å²) >= 11 is 0. The summed E-state index contributed by atoms with van der Waals surface area (Å²) in [6, 6.07) is 13.0. The molecule has 1 aliphatic carbocycles. The van der Waals surface area contributed by atoms with Gasteiger partial charge in [0, 0.05) is 24.6 Å². The van der Waals surface area contributed by atoms with Gasteiger partial charge >= 0.3 is 6.03 Å². The van der Waals surface area contributed by atoms with Crippen molar-refractivity contribution in [2.24, 2.45) is 7.05 Å². The maximum absolute atomic E-state index is 12.1. The van der Waals surface area contributed by atoms with Crippen molar-refractivity contribution in [2.75, 3.05) is 5.32 Å². The Bertz CT molecular complexity index is 880. The molecule has 0 unspecified atom stereocenters. The fraction of sp³-hybridized carbons (Fsp3) is 0.278. The Kier molecular flexibility index (Phi) is 3.97. The minimum atomic E-state index is -0.331. The summed E-state index contributed by atoms with van der Waals surface area (Å²) in [7, 11) is 1.89. The number of nitrogens with one attached hydrogen (secondary N) is 2. The van der Waals surface area contributed by atoms with E-state index in [4.69, 9.17) is 4.52 Å². The lowest BCUT2D eigenvalue weighted by atomic mass is 10.2. The van der Waals surface area contributed by atoms with E-state index >= 15 is 0 Å². The Balaban J connectivity index is 1.34. The van der Waals surface area contributed by atoms with E-state index in [-0.39, 0.29) is 6.03 Å². The van der Waals surface area contributed by atoms with Crippen LogP contribution in [0.15, 0.2) is 47.0 Å². The van der Waals surface area contributed by atoms with E-state index < -0.39 is 0 Å². The van der Waals surface area contributed by atoms with Crippen LogP contribution in [0.2, 0.25) is 0 Å². The van der Waals surface area contributed by atoms with Gasteiger partial charge in [-0.25, -0.2) is 4.79 Å². The quantitative estimate of drug-likeness (QED) is 0.748. The summed E-state index contributed by atoms with van der Waals surface area (Å²) in [5, 5.41) is 13.9. The number of carbonyl (C=O) groups is 1. The zero-order valence-electron chi connectivity index (χ0n) is 13.9. The zero-order chi connectivity index (χ0) is 17.2. The van der Waals surface area contributed by atoms with Crippen LogP contribution in [0.1, 0.15) is 30.1 Å². The highest BCUT2D eigenvalue weighted by atomic mass is 16.5. The first kappa shape index (κ1) is 15.4. The third-order valence-electron chi connectivity index (χ3n) is 4.23. The van der Waals surface area contributed by atoms with Gasteiger partial charge < -0.3 is 9.84 Å². The first-order valence-corrected chi connectivity index (χ1v) is 8.29.